The van der Waals surface area contributed by atoms with Gasteiger partial charge in [-0.3, -0.25) is 0 Å². The van der Waals surface area contributed by atoms with E-state index in [1.165, 1.54) is 0 Å². The summed E-state index contributed by atoms with van der Waals surface area (Å²) in [7, 11) is 0. The summed E-state index contributed by atoms with van der Waals surface area (Å²) in [4.78, 5) is 0. The van der Waals surface area contributed by atoms with Gasteiger partial charge >= 0.3 is 0 Å². The van der Waals surface area contributed by atoms with Crippen LogP contribution in [0.1, 0.15) is 19.8 Å². The van der Waals surface area contributed by atoms with Crippen molar-refractivity contribution in [3.05, 3.63) is 18.2 Å². The van der Waals surface area contributed by atoms with Gasteiger partial charge in [0, 0.05) is 24.4 Å². The molecule has 2 aliphatic heterocycles. The van der Waals surface area contributed by atoms with Crippen molar-refractivity contribution in [1.29, 1.82) is 0 Å². The van der Waals surface area contributed by atoms with Crippen molar-refractivity contribution in [3.63, 3.8) is 0 Å². The third kappa shape index (κ3) is 2.53. The first-order chi connectivity index (χ1) is 8.81. The van der Waals surface area contributed by atoms with Crippen molar-refractivity contribution in [3.8, 4) is 11.5 Å². The molecule has 1 fully saturated rings. The summed E-state index contributed by atoms with van der Waals surface area (Å²) in [6, 6.07) is 6.53. The number of fused-ring (bicyclic) bond motifs is 1. The van der Waals surface area contributed by atoms with E-state index in [1.807, 2.05) is 18.2 Å². The minimum absolute atomic E-state index is 0.341. The molecule has 0 amide bonds. The van der Waals surface area contributed by atoms with Crippen LogP contribution in [0, 0.1) is 0 Å². The van der Waals surface area contributed by atoms with Crippen LogP contribution in [0.15, 0.2) is 18.2 Å². The van der Waals surface area contributed by atoms with E-state index in [0.717, 1.165) is 36.6 Å². The van der Waals surface area contributed by atoms with Gasteiger partial charge in [-0.2, -0.15) is 0 Å². The second-order valence-electron chi connectivity index (χ2n) is 4.91. The van der Waals surface area contributed by atoms with Crippen LogP contribution in [0.5, 0.6) is 11.5 Å². The average molecular weight is 249 g/mol. The predicted molar refractivity (Wildman–Crippen MR) is 69.5 cm³/mol. The lowest BCUT2D eigenvalue weighted by Gasteiger charge is -2.29. The molecule has 0 saturated carbocycles. The molecule has 2 aliphatic rings. The Balaban J connectivity index is 1.69. The van der Waals surface area contributed by atoms with Gasteiger partial charge in [-0.1, -0.05) is 0 Å². The highest BCUT2D eigenvalue weighted by atomic mass is 16.6. The van der Waals surface area contributed by atoms with Gasteiger partial charge < -0.3 is 19.5 Å². The largest absolute Gasteiger partial charge is 0.486 e. The molecular weight excluding hydrogens is 230 g/mol. The Labute approximate surface area is 107 Å². The highest BCUT2D eigenvalue weighted by Crippen LogP contribution is 2.33. The maximum atomic E-state index is 5.58. The Hall–Kier alpha value is -1.42. The molecule has 1 aromatic carbocycles. The summed E-state index contributed by atoms with van der Waals surface area (Å²) < 4.78 is 16.6. The van der Waals surface area contributed by atoms with Crippen molar-refractivity contribution in [2.45, 2.75) is 31.9 Å². The van der Waals surface area contributed by atoms with E-state index in [1.54, 1.807) is 0 Å². The van der Waals surface area contributed by atoms with Crippen LogP contribution in [0.3, 0.4) is 0 Å². The summed E-state index contributed by atoms with van der Waals surface area (Å²) in [5, 5.41) is 3.55. The quantitative estimate of drug-likeness (QED) is 0.874. The second-order valence-corrected chi connectivity index (χ2v) is 4.91. The van der Waals surface area contributed by atoms with Crippen molar-refractivity contribution in [1.82, 2.24) is 0 Å². The number of nitrogens with one attached hydrogen (secondary N) is 1. The molecule has 2 heterocycles. The SMILES string of the molecule is CC1CC(Nc2ccc3c(c2)OCCO3)CCO1. The lowest BCUT2D eigenvalue weighted by Crippen LogP contribution is -2.32. The zero-order valence-electron chi connectivity index (χ0n) is 10.6. The van der Waals surface area contributed by atoms with E-state index in [-0.39, 0.29) is 0 Å². The molecule has 1 saturated heterocycles. The molecule has 4 nitrogen and oxygen atoms in total. The van der Waals surface area contributed by atoms with E-state index in [0.29, 0.717) is 25.4 Å². The molecule has 0 aromatic heterocycles. The zero-order chi connectivity index (χ0) is 12.4. The standard InChI is InChI=1S/C14H19NO3/c1-10-8-12(4-5-16-10)15-11-2-3-13-14(9-11)18-7-6-17-13/h2-3,9-10,12,15H,4-8H2,1H3. The maximum absolute atomic E-state index is 5.58. The third-order valence-corrected chi connectivity index (χ3v) is 3.40. The van der Waals surface area contributed by atoms with E-state index < -0.39 is 0 Å². The Morgan fingerprint density at radius 2 is 1.94 bits per heavy atom. The van der Waals surface area contributed by atoms with Crippen molar-refractivity contribution in [2.75, 3.05) is 25.1 Å². The molecule has 1 N–H and O–H groups in total. The Kier molecular flexibility index (Phi) is 3.28. The Morgan fingerprint density at radius 1 is 1.11 bits per heavy atom. The number of rotatable bonds is 2. The molecule has 2 unspecified atom stereocenters. The highest BCUT2D eigenvalue weighted by molar-refractivity contribution is 5.55. The highest BCUT2D eigenvalue weighted by Gasteiger charge is 2.20. The van der Waals surface area contributed by atoms with Gasteiger partial charge in [-0.15, -0.1) is 0 Å². The normalized spacial score (nSPS) is 26.7. The smallest absolute Gasteiger partial charge is 0.163 e. The van der Waals surface area contributed by atoms with Gasteiger partial charge in [0.2, 0.25) is 0 Å². The number of anilines is 1. The van der Waals surface area contributed by atoms with Crippen LogP contribution in [0.4, 0.5) is 5.69 Å². The number of benzene rings is 1. The fourth-order valence-corrected chi connectivity index (χ4v) is 2.50. The first kappa shape index (κ1) is 11.7. The van der Waals surface area contributed by atoms with Crippen molar-refractivity contribution < 1.29 is 14.2 Å². The molecule has 4 heteroatoms. The fourth-order valence-electron chi connectivity index (χ4n) is 2.50. The third-order valence-electron chi connectivity index (χ3n) is 3.40. The van der Waals surface area contributed by atoms with E-state index >= 15 is 0 Å². The van der Waals surface area contributed by atoms with Gasteiger partial charge in [-0.25, -0.2) is 0 Å². The molecule has 98 valence electrons. The first-order valence-corrected chi connectivity index (χ1v) is 6.59. The lowest BCUT2D eigenvalue weighted by molar-refractivity contribution is 0.0232. The molecule has 0 aliphatic carbocycles. The summed E-state index contributed by atoms with van der Waals surface area (Å²) in [5.74, 6) is 1.68. The number of ether oxygens (including phenoxy) is 3. The topological polar surface area (TPSA) is 39.7 Å². The molecule has 0 radical (unpaired) electrons. The van der Waals surface area contributed by atoms with Crippen molar-refractivity contribution >= 4 is 5.69 Å². The van der Waals surface area contributed by atoms with Gasteiger partial charge in [-0.05, 0) is 31.9 Å². The summed E-state index contributed by atoms with van der Waals surface area (Å²) in [6.07, 6.45) is 2.45. The van der Waals surface area contributed by atoms with Crippen LogP contribution < -0.4 is 14.8 Å². The molecule has 1 aromatic rings. The first-order valence-electron chi connectivity index (χ1n) is 6.59. The summed E-state index contributed by atoms with van der Waals surface area (Å²) in [5.41, 5.74) is 1.10. The molecule has 3 rings (SSSR count). The average Bonchev–Trinajstić information content (AvgIpc) is 2.39. The van der Waals surface area contributed by atoms with E-state index in [4.69, 9.17) is 14.2 Å². The van der Waals surface area contributed by atoms with E-state index in [9.17, 15) is 0 Å². The van der Waals surface area contributed by atoms with Gasteiger partial charge in [0.15, 0.2) is 11.5 Å². The van der Waals surface area contributed by atoms with Crippen molar-refractivity contribution in [2.24, 2.45) is 0 Å². The van der Waals surface area contributed by atoms with Gasteiger partial charge in [0.25, 0.3) is 0 Å². The fraction of sp³-hybridized carbons (Fsp3) is 0.571. The Morgan fingerprint density at radius 3 is 2.78 bits per heavy atom. The Bertz CT molecular complexity index is 422. The van der Waals surface area contributed by atoms with Gasteiger partial charge in [0.05, 0.1) is 6.10 Å². The minimum Gasteiger partial charge on any atom is -0.486 e. The molecule has 2 atom stereocenters. The van der Waals surface area contributed by atoms with Crippen LogP contribution >= 0.6 is 0 Å². The van der Waals surface area contributed by atoms with Gasteiger partial charge in [0.1, 0.15) is 13.2 Å². The number of hydrogen-bond donors (Lipinski definition) is 1. The molecular formula is C14H19NO3. The van der Waals surface area contributed by atoms with Crippen LogP contribution in [-0.2, 0) is 4.74 Å². The molecule has 18 heavy (non-hydrogen) atoms. The summed E-state index contributed by atoms with van der Waals surface area (Å²) >= 11 is 0. The van der Waals surface area contributed by atoms with Crippen LogP contribution in [0.2, 0.25) is 0 Å². The number of hydrogen-bond acceptors (Lipinski definition) is 4. The lowest BCUT2D eigenvalue weighted by atomic mass is 10.0. The molecule has 0 spiro atoms. The maximum Gasteiger partial charge on any atom is 0.163 e. The zero-order valence-corrected chi connectivity index (χ0v) is 10.6. The second kappa shape index (κ2) is 5.06. The predicted octanol–water partition coefficient (Wildman–Crippen LogP) is 2.44. The van der Waals surface area contributed by atoms with E-state index in [2.05, 4.69) is 12.2 Å². The van der Waals surface area contributed by atoms with Crippen LogP contribution in [0.25, 0.3) is 0 Å². The van der Waals surface area contributed by atoms with Crippen LogP contribution in [-0.4, -0.2) is 32.0 Å². The monoisotopic (exact) mass is 249 g/mol. The summed E-state index contributed by atoms with van der Waals surface area (Å²) in [6.45, 7) is 4.23. The molecule has 0 bridgehead atoms. The minimum atomic E-state index is 0.341.